The van der Waals surface area contributed by atoms with Gasteiger partial charge in [-0.1, -0.05) is 25.9 Å². The molecule has 1 aromatic heterocycles. The summed E-state index contributed by atoms with van der Waals surface area (Å²) < 4.78 is 5.24. The highest BCUT2D eigenvalue weighted by atomic mass is 16.5. The molecule has 0 aromatic carbocycles. The Morgan fingerprint density at radius 1 is 1.39 bits per heavy atom. The Kier molecular flexibility index (Phi) is 4.38. The van der Waals surface area contributed by atoms with Crippen molar-refractivity contribution >= 4 is 0 Å². The first kappa shape index (κ1) is 13.5. The van der Waals surface area contributed by atoms with Crippen molar-refractivity contribution in [2.75, 3.05) is 0 Å². The van der Waals surface area contributed by atoms with Crippen LogP contribution in [0.5, 0.6) is 0 Å². The van der Waals surface area contributed by atoms with Gasteiger partial charge < -0.3 is 9.63 Å². The van der Waals surface area contributed by atoms with E-state index in [9.17, 15) is 5.11 Å². The molecule has 4 nitrogen and oxygen atoms in total. The van der Waals surface area contributed by atoms with Crippen LogP contribution in [0.2, 0.25) is 0 Å². The second-order valence-electron chi connectivity index (χ2n) is 6.15. The number of aliphatic hydroxyl groups is 1. The van der Waals surface area contributed by atoms with Gasteiger partial charge in [0.25, 0.3) is 0 Å². The van der Waals surface area contributed by atoms with Gasteiger partial charge in [-0.3, -0.25) is 0 Å². The second-order valence-corrected chi connectivity index (χ2v) is 6.15. The third-order valence-corrected chi connectivity index (χ3v) is 3.70. The smallest absolute Gasteiger partial charge is 0.229 e. The van der Waals surface area contributed by atoms with E-state index in [1.54, 1.807) is 0 Å². The molecule has 1 aliphatic carbocycles. The van der Waals surface area contributed by atoms with Crippen LogP contribution in [0.25, 0.3) is 0 Å². The van der Waals surface area contributed by atoms with Crippen LogP contribution in [0.15, 0.2) is 4.52 Å². The highest BCUT2D eigenvalue weighted by molar-refractivity contribution is 4.99. The quantitative estimate of drug-likeness (QED) is 0.875. The van der Waals surface area contributed by atoms with Crippen molar-refractivity contribution in [3.8, 4) is 0 Å². The molecular weight excluding hydrogens is 228 g/mol. The van der Waals surface area contributed by atoms with E-state index in [4.69, 9.17) is 4.52 Å². The first-order chi connectivity index (χ1) is 8.54. The summed E-state index contributed by atoms with van der Waals surface area (Å²) in [6, 6.07) is 0. The molecule has 0 radical (unpaired) electrons. The predicted octanol–water partition coefficient (Wildman–Crippen LogP) is 2.92. The summed E-state index contributed by atoms with van der Waals surface area (Å²) in [5, 5.41) is 13.9. The molecule has 1 heterocycles. The molecule has 1 fully saturated rings. The van der Waals surface area contributed by atoms with E-state index in [-0.39, 0.29) is 6.10 Å². The normalized spacial score (nSPS) is 25.8. The molecule has 1 N–H and O–H groups in total. The van der Waals surface area contributed by atoms with E-state index in [2.05, 4.69) is 30.9 Å². The summed E-state index contributed by atoms with van der Waals surface area (Å²) in [6.07, 6.45) is 4.46. The van der Waals surface area contributed by atoms with Crippen molar-refractivity contribution in [3.05, 3.63) is 11.7 Å². The molecule has 1 saturated carbocycles. The minimum absolute atomic E-state index is 0.374. The largest absolute Gasteiger partial charge is 0.393 e. The van der Waals surface area contributed by atoms with Gasteiger partial charge in [-0.2, -0.15) is 4.98 Å². The summed E-state index contributed by atoms with van der Waals surface area (Å²) >= 11 is 0. The average Bonchev–Trinajstić information content (AvgIpc) is 2.85. The number of rotatable bonds is 5. The molecular formula is C14H24N2O2. The average molecular weight is 252 g/mol. The van der Waals surface area contributed by atoms with E-state index in [0.29, 0.717) is 24.1 Å². The Hall–Kier alpha value is -0.900. The van der Waals surface area contributed by atoms with Gasteiger partial charge in [0, 0.05) is 5.92 Å². The van der Waals surface area contributed by atoms with Crippen LogP contribution in [0.3, 0.4) is 0 Å². The number of hydrogen-bond acceptors (Lipinski definition) is 4. The number of hydrogen-bond donors (Lipinski definition) is 1. The van der Waals surface area contributed by atoms with E-state index in [1.807, 2.05) is 0 Å². The maximum Gasteiger partial charge on any atom is 0.229 e. The van der Waals surface area contributed by atoms with Crippen LogP contribution in [-0.2, 0) is 6.42 Å². The predicted molar refractivity (Wildman–Crippen MR) is 69.2 cm³/mol. The fourth-order valence-electron chi connectivity index (χ4n) is 2.79. The monoisotopic (exact) mass is 252 g/mol. The molecule has 1 aromatic rings. The van der Waals surface area contributed by atoms with Crippen LogP contribution in [-0.4, -0.2) is 21.4 Å². The molecule has 102 valence electrons. The third-order valence-electron chi connectivity index (χ3n) is 3.70. The molecule has 0 spiro atoms. The zero-order valence-corrected chi connectivity index (χ0v) is 11.6. The van der Waals surface area contributed by atoms with Gasteiger partial charge in [0.1, 0.15) is 0 Å². The Labute approximate surface area is 109 Å². The fraction of sp³-hybridized carbons (Fsp3) is 0.857. The van der Waals surface area contributed by atoms with Crippen molar-refractivity contribution in [1.82, 2.24) is 10.1 Å². The van der Waals surface area contributed by atoms with Gasteiger partial charge in [0.2, 0.25) is 5.89 Å². The second kappa shape index (κ2) is 5.83. The SMILES string of the molecule is CC(C)CC(O)Cc1nc(C2CCC(C)C2)no1. The fourth-order valence-corrected chi connectivity index (χ4v) is 2.79. The first-order valence-corrected chi connectivity index (χ1v) is 7.05. The van der Waals surface area contributed by atoms with Gasteiger partial charge in [-0.25, -0.2) is 0 Å². The maximum absolute atomic E-state index is 9.86. The van der Waals surface area contributed by atoms with Crippen molar-refractivity contribution in [2.24, 2.45) is 11.8 Å². The molecule has 3 unspecified atom stereocenters. The standard InChI is InChI=1S/C14H24N2O2/c1-9(2)6-12(17)8-13-15-14(16-18-13)11-5-4-10(3)7-11/h9-12,17H,4-8H2,1-3H3. The molecule has 0 amide bonds. The lowest BCUT2D eigenvalue weighted by atomic mass is 10.0. The highest BCUT2D eigenvalue weighted by Crippen LogP contribution is 2.36. The molecule has 0 saturated heterocycles. The van der Waals surface area contributed by atoms with Crippen LogP contribution >= 0.6 is 0 Å². The zero-order chi connectivity index (χ0) is 13.1. The van der Waals surface area contributed by atoms with Crippen LogP contribution < -0.4 is 0 Å². The molecule has 1 aliphatic rings. The maximum atomic E-state index is 9.86. The lowest BCUT2D eigenvalue weighted by Crippen LogP contribution is -2.13. The van der Waals surface area contributed by atoms with Gasteiger partial charge in [0.15, 0.2) is 5.82 Å². The molecule has 4 heteroatoms. The van der Waals surface area contributed by atoms with Crippen molar-refractivity contribution in [1.29, 1.82) is 0 Å². The van der Waals surface area contributed by atoms with Crippen LogP contribution in [0, 0.1) is 11.8 Å². The summed E-state index contributed by atoms with van der Waals surface area (Å²) in [4.78, 5) is 4.44. The number of aliphatic hydroxyl groups excluding tert-OH is 1. The molecule has 0 aliphatic heterocycles. The van der Waals surface area contributed by atoms with Gasteiger partial charge in [0.05, 0.1) is 12.5 Å². The van der Waals surface area contributed by atoms with Crippen molar-refractivity contribution < 1.29 is 9.63 Å². The van der Waals surface area contributed by atoms with E-state index in [0.717, 1.165) is 31.0 Å². The van der Waals surface area contributed by atoms with Crippen molar-refractivity contribution in [2.45, 2.75) is 64.9 Å². The highest BCUT2D eigenvalue weighted by Gasteiger charge is 2.27. The Balaban J connectivity index is 1.90. The minimum Gasteiger partial charge on any atom is -0.393 e. The van der Waals surface area contributed by atoms with Gasteiger partial charge in [-0.15, -0.1) is 0 Å². The zero-order valence-electron chi connectivity index (χ0n) is 11.6. The Morgan fingerprint density at radius 3 is 2.78 bits per heavy atom. The Bertz CT molecular complexity index is 376. The van der Waals surface area contributed by atoms with E-state index >= 15 is 0 Å². The number of aromatic nitrogens is 2. The van der Waals surface area contributed by atoms with Gasteiger partial charge >= 0.3 is 0 Å². The molecule has 2 rings (SSSR count). The van der Waals surface area contributed by atoms with Gasteiger partial charge in [-0.05, 0) is 37.5 Å². The first-order valence-electron chi connectivity index (χ1n) is 7.05. The minimum atomic E-state index is -0.374. The molecule has 18 heavy (non-hydrogen) atoms. The van der Waals surface area contributed by atoms with Crippen LogP contribution in [0.4, 0.5) is 0 Å². The van der Waals surface area contributed by atoms with E-state index in [1.165, 1.54) is 6.42 Å². The van der Waals surface area contributed by atoms with Crippen LogP contribution in [0.1, 0.15) is 64.1 Å². The van der Waals surface area contributed by atoms with Crippen molar-refractivity contribution in [3.63, 3.8) is 0 Å². The Morgan fingerprint density at radius 2 is 2.17 bits per heavy atom. The summed E-state index contributed by atoms with van der Waals surface area (Å²) in [5.74, 6) is 3.13. The molecule has 0 bridgehead atoms. The molecule has 3 atom stereocenters. The number of nitrogens with zero attached hydrogens (tertiary/aromatic N) is 2. The summed E-state index contributed by atoms with van der Waals surface area (Å²) in [6.45, 7) is 6.47. The lowest BCUT2D eigenvalue weighted by Gasteiger charge is -2.09. The summed E-state index contributed by atoms with van der Waals surface area (Å²) in [5.41, 5.74) is 0. The summed E-state index contributed by atoms with van der Waals surface area (Å²) in [7, 11) is 0. The lowest BCUT2D eigenvalue weighted by molar-refractivity contribution is 0.138. The topological polar surface area (TPSA) is 59.2 Å². The van der Waals surface area contributed by atoms with E-state index < -0.39 is 0 Å². The third kappa shape index (κ3) is 3.55.